The van der Waals surface area contributed by atoms with Crippen molar-refractivity contribution in [2.45, 2.75) is 52.0 Å². The van der Waals surface area contributed by atoms with E-state index in [-0.39, 0.29) is 11.8 Å². The van der Waals surface area contributed by atoms with Gasteiger partial charge < -0.3 is 10.2 Å². The quantitative estimate of drug-likeness (QED) is 0.290. The second-order valence-corrected chi connectivity index (χ2v) is 10.7. The van der Waals surface area contributed by atoms with Gasteiger partial charge >= 0.3 is 0 Å². The summed E-state index contributed by atoms with van der Waals surface area (Å²) in [6.07, 6.45) is 0.881. The Hall–Kier alpha value is -3.05. The third-order valence-corrected chi connectivity index (χ3v) is 7.16. The van der Waals surface area contributed by atoms with Gasteiger partial charge in [-0.3, -0.25) is 9.59 Å². The van der Waals surface area contributed by atoms with Gasteiger partial charge in [-0.25, -0.2) is 0 Å². The fourth-order valence-electron chi connectivity index (χ4n) is 4.01. The molecule has 1 N–H and O–H groups in total. The Balaban J connectivity index is 1.80. The summed E-state index contributed by atoms with van der Waals surface area (Å²) in [6.45, 7) is 7.21. The van der Waals surface area contributed by atoms with E-state index in [0.29, 0.717) is 37.6 Å². The molecule has 3 aromatic rings. The monoisotopic (exact) mass is 502 g/mol. The Morgan fingerprint density at radius 3 is 2.11 bits per heavy atom. The molecule has 1 unspecified atom stereocenters. The lowest BCUT2D eigenvalue weighted by molar-refractivity contribution is -0.141. The van der Waals surface area contributed by atoms with E-state index in [1.165, 1.54) is 5.56 Å². The smallest absolute Gasteiger partial charge is 0.243 e. The van der Waals surface area contributed by atoms with Gasteiger partial charge in [-0.1, -0.05) is 98.8 Å². The minimum Gasteiger partial charge on any atom is -0.354 e. The zero-order chi connectivity index (χ0) is 25.8. The van der Waals surface area contributed by atoms with E-state index in [9.17, 15) is 9.59 Å². The molecular formula is C31H38N2O2S. The lowest BCUT2D eigenvalue weighted by Crippen LogP contribution is -2.51. The number of thioether (sulfide) groups is 1. The SMILES string of the molecule is Cc1ccccc1CN(C(=O)CCSCc1ccccc1)C(Cc1ccccc1)C(=O)NCC(C)C. The third kappa shape index (κ3) is 8.87. The van der Waals surface area contributed by atoms with Crippen LogP contribution in [0.2, 0.25) is 0 Å². The molecular weight excluding hydrogens is 464 g/mol. The van der Waals surface area contributed by atoms with Crippen molar-refractivity contribution in [3.05, 3.63) is 107 Å². The summed E-state index contributed by atoms with van der Waals surface area (Å²) in [5.41, 5.74) is 4.48. The third-order valence-electron chi connectivity index (χ3n) is 6.13. The molecule has 0 fully saturated rings. The molecule has 4 nitrogen and oxygen atoms in total. The van der Waals surface area contributed by atoms with Crippen molar-refractivity contribution in [1.82, 2.24) is 10.2 Å². The molecule has 0 aromatic heterocycles. The summed E-state index contributed by atoms with van der Waals surface area (Å²) in [5, 5.41) is 3.09. The fourth-order valence-corrected chi connectivity index (χ4v) is 4.91. The second kappa shape index (κ2) is 14.5. The fraction of sp³-hybridized carbons (Fsp3) is 0.355. The van der Waals surface area contributed by atoms with Crippen LogP contribution in [-0.4, -0.2) is 35.1 Å². The average molecular weight is 503 g/mol. The van der Waals surface area contributed by atoms with Crippen molar-refractivity contribution in [3.63, 3.8) is 0 Å². The first kappa shape index (κ1) is 27.5. The van der Waals surface area contributed by atoms with Gasteiger partial charge in [0.2, 0.25) is 11.8 Å². The Bertz CT molecular complexity index is 1090. The van der Waals surface area contributed by atoms with E-state index in [0.717, 1.165) is 22.4 Å². The van der Waals surface area contributed by atoms with Gasteiger partial charge in [0.15, 0.2) is 0 Å². The van der Waals surface area contributed by atoms with Crippen LogP contribution in [0.5, 0.6) is 0 Å². The number of rotatable bonds is 13. The van der Waals surface area contributed by atoms with E-state index >= 15 is 0 Å². The standard InChI is InChI=1S/C31H38N2O2S/c1-24(2)21-32-31(35)29(20-26-13-6-4-7-14-26)33(22-28-17-11-10-12-25(28)3)30(34)18-19-36-23-27-15-8-5-9-16-27/h4-17,24,29H,18-23H2,1-3H3,(H,32,35). The van der Waals surface area contributed by atoms with Gasteiger partial charge in [-0.15, -0.1) is 0 Å². The van der Waals surface area contributed by atoms with E-state index < -0.39 is 6.04 Å². The van der Waals surface area contributed by atoms with Crippen molar-refractivity contribution in [1.29, 1.82) is 0 Å². The number of amides is 2. The van der Waals surface area contributed by atoms with E-state index in [1.54, 1.807) is 16.7 Å². The predicted octanol–water partition coefficient (Wildman–Crippen LogP) is 6.03. The number of carbonyl (C=O) groups excluding carboxylic acids is 2. The average Bonchev–Trinajstić information content (AvgIpc) is 2.89. The van der Waals surface area contributed by atoms with Crippen molar-refractivity contribution >= 4 is 23.6 Å². The Kier molecular flexibility index (Phi) is 11.1. The van der Waals surface area contributed by atoms with Crippen LogP contribution in [0.4, 0.5) is 0 Å². The number of carbonyl (C=O) groups is 2. The molecule has 0 bridgehead atoms. The Labute approximate surface area is 220 Å². The zero-order valence-corrected chi connectivity index (χ0v) is 22.5. The molecule has 36 heavy (non-hydrogen) atoms. The van der Waals surface area contributed by atoms with Crippen molar-refractivity contribution in [2.75, 3.05) is 12.3 Å². The maximum absolute atomic E-state index is 13.7. The summed E-state index contributed by atoms with van der Waals surface area (Å²) in [5.74, 6) is 1.84. The number of aryl methyl sites for hydroxylation is 1. The van der Waals surface area contributed by atoms with Crippen LogP contribution in [0.15, 0.2) is 84.9 Å². The van der Waals surface area contributed by atoms with Gasteiger partial charge in [-0.2, -0.15) is 11.8 Å². The molecule has 3 aromatic carbocycles. The molecule has 0 radical (unpaired) electrons. The molecule has 5 heteroatoms. The van der Waals surface area contributed by atoms with E-state index in [1.807, 2.05) is 66.7 Å². The molecule has 0 spiro atoms. The minimum atomic E-state index is -0.572. The van der Waals surface area contributed by atoms with Gasteiger partial charge in [0.25, 0.3) is 0 Å². The van der Waals surface area contributed by atoms with Gasteiger partial charge in [0, 0.05) is 37.4 Å². The van der Waals surface area contributed by atoms with Crippen LogP contribution in [0.25, 0.3) is 0 Å². The lowest BCUT2D eigenvalue weighted by Gasteiger charge is -2.32. The molecule has 1 atom stereocenters. The lowest BCUT2D eigenvalue weighted by atomic mass is 10.0. The molecule has 3 rings (SSSR count). The first-order valence-corrected chi connectivity index (χ1v) is 13.9. The predicted molar refractivity (Wildman–Crippen MR) is 151 cm³/mol. The molecule has 0 aliphatic rings. The summed E-state index contributed by atoms with van der Waals surface area (Å²) in [6, 6.07) is 27.8. The molecule has 0 heterocycles. The highest BCUT2D eigenvalue weighted by Gasteiger charge is 2.30. The van der Waals surface area contributed by atoms with Gasteiger partial charge in [-0.05, 0) is 35.1 Å². The number of benzene rings is 3. The van der Waals surface area contributed by atoms with E-state index in [4.69, 9.17) is 0 Å². The Morgan fingerprint density at radius 2 is 1.47 bits per heavy atom. The van der Waals surface area contributed by atoms with E-state index in [2.05, 4.69) is 44.3 Å². The maximum Gasteiger partial charge on any atom is 0.243 e. The highest BCUT2D eigenvalue weighted by Crippen LogP contribution is 2.20. The van der Waals surface area contributed by atoms with Crippen molar-refractivity contribution in [3.8, 4) is 0 Å². The first-order chi connectivity index (χ1) is 17.4. The normalized spacial score (nSPS) is 11.8. The van der Waals surface area contributed by atoms with Crippen LogP contribution >= 0.6 is 11.8 Å². The van der Waals surface area contributed by atoms with Crippen molar-refractivity contribution in [2.24, 2.45) is 5.92 Å². The summed E-state index contributed by atoms with van der Waals surface area (Å²) < 4.78 is 0. The highest BCUT2D eigenvalue weighted by molar-refractivity contribution is 7.98. The van der Waals surface area contributed by atoms with Crippen LogP contribution in [0.3, 0.4) is 0 Å². The molecule has 190 valence electrons. The van der Waals surface area contributed by atoms with Crippen LogP contribution in [-0.2, 0) is 28.3 Å². The van der Waals surface area contributed by atoms with Gasteiger partial charge in [0.05, 0.1) is 0 Å². The highest BCUT2D eigenvalue weighted by atomic mass is 32.2. The zero-order valence-electron chi connectivity index (χ0n) is 21.7. The topological polar surface area (TPSA) is 49.4 Å². The molecule has 2 amide bonds. The Morgan fingerprint density at radius 1 is 0.861 bits per heavy atom. The number of hydrogen-bond acceptors (Lipinski definition) is 3. The number of nitrogens with zero attached hydrogens (tertiary/aromatic N) is 1. The molecule has 0 aliphatic carbocycles. The second-order valence-electron chi connectivity index (χ2n) is 9.58. The van der Waals surface area contributed by atoms with Crippen LogP contribution in [0.1, 0.15) is 42.5 Å². The van der Waals surface area contributed by atoms with Crippen molar-refractivity contribution < 1.29 is 9.59 Å². The number of hydrogen-bond donors (Lipinski definition) is 1. The first-order valence-electron chi connectivity index (χ1n) is 12.7. The molecule has 0 saturated carbocycles. The number of nitrogens with one attached hydrogen (secondary N) is 1. The van der Waals surface area contributed by atoms with Gasteiger partial charge in [0.1, 0.15) is 6.04 Å². The van der Waals surface area contributed by atoms with Crippen LogP contribution in [0, 0.1) is 12.8 Å². The maximum atomic E-state index is 13.7. The summed E-state index contributed by atoms with van der Waals surface area (Å²) in [7, 11) is 0. The van der Waals surface area contributed by atoms with Crippen LogP contribution < -0.4 is 5.32 Å². The summed E-state index contributed by atoms with van der Waals surface area (Å²) in [4.78, 5) is 29.0. The minimum absolute atomic E-state index is 0.0134. The molecule has 0 aliphatic heterocycles. The largest absolute Gasteiger partial charge is 0.354 e. The summed E-state index contributed by atoms with van der Waals surface area (Å²) >= 11 is 1.75. The molecule has 0 saturated heterocycles.